The molecule has 3 aromatic rings. The van der Waals surface area contributed by atoms with Gasteiger partial charge in [0.15, 0.2) is 11.6 Å². The number of nitriles is 1. The number of imidazole rings is 1. The van der Waals surface area contributed by atoms with Gasteiger partial charge in [0.05, 0.1) is 11.0 Å². The Morgan fingerprint density at radius 1 is 1.26 bits per heavy atom. The molecular formula is C20H14ClN3O3. The highest BCUT2D eigenvalue weighted by molar-refractivity contribution is 6.30. The zero-order chi connectivity index (χ0) is 19.2. The van der Waals surface area contributed by atoms with Crippen LogP contribution in [0.4, 0.5) is 0 Å². The van der Waals surface area contributed by atoms with Gasteiger partial charge in [0.25, 0.3) is 0 Å². The third kappa shape index (κ3) is 4.54. The number of para-hydroxylation sites is 2. The van der Waals surface area contributed by atoms with Gasteiger partial charge in [-0.1, -0.05) is 35.9 Å². The Labute approximate surface area is 160 Å². The molecule has 0 saturated heterocycles. The number of fused-ring (bicyclic) bond motifs is 1. The molecule has 1 heterocycles. The second kappa shape index (κ2) is 8.21. The van der Waals surface area contributed by atoms with Crippen molar-refractivity contribution in [2.45, 2.75) is 0 Å². The lowest BCUT2D eigenvalue weighted by molar-refractivity contribution is -0.137. The number of nitrogens with one attached hydrogen (secondary N) is 1. The van der Waals surface area contributed by atoms with Crippen LogP contribution in [-0.2, 0) is 9.53 Å². The van der Waals surface area contributed by atoms with Crippen molar-refractivity contribution >= 4 is 40.3 Å². The number of allylic oxidation sites excluding steroid dienone is 1. The van der Waals surface area contributed by atoms with Crippen LogP contribution in [0.2, 0.25) is 5.02 Å². The van der Waals surface area contributed by atoms with Crippen molar-refractivity contribution in [3.8, 4) is 6.07 Å². The number of hydrogen-bond donors (Lipinski definition) is 2. The third-order valence-corrected chi connectivity index (χ3v) is 3.91. The number of esters is 1. The SMILES string of the molecule is N#C/C(=C(\O)COC(=O)/C=C/c1ccc(Cl)cc1)c1nc2ccccc2[nH]1. The number of carbonyl (C=O) groups is 1. The molecule has 3 rings (SSSR count). The van der Waals surface area contributed by atoms with Crippen molar-refractivity contribution in [3.63, 3.8) is 0 Å². The fraction of sp³-hybridized carbons (Fsp3) is 0.0500. The second-order valence-corrected chi connectivity index (χ2v) is 5.97. The van der Waals surface area contributed by atoms with Crippen molar-refractivity contribution in [2.24, 2.45) is 0 Å². The molecular weight excluding hydrogens is 366 g/mol. The summed E-state index contributed by atoms with van der Waals surface area (Å²) in [4.78, 5) is 19.0. The van der Waals surface area contributed by atoms with E-state index in [0.29, 0.717) is 10.5 Å². The van der Waals surface area contributed by atoms with E-state index < -0.39 is 12.6 Å². The predicted molar refractivity (Wildman–Crippen MR) is 103 cm³/mol. The number of nitrogens with zero attached hydrogens (tertiary/aromatic N) is 2. The van der Waals surface area contributed by atoms with E-state index in [4.69, 9.17) is 16.3 Å². The molecule has 0 aliphatic carbocycles. The van der Waals surface area contributed by atoms with Crippen LogP contribution in [0.5, 0.6) is 0 Å². The number of aromatic amines is 1. The zero-order valence-corrected chi connectivity index (χ0v) is 14.8. The minimum atomic E-state index is -0.654. The summed E-state index contributed by atoms with van der Waals surface area (Å²) in [5.41, 5.74) is 2.09. The third-order valence-electron chi connectivity index (χ3n) is 3.66. The van der Waals surface area contributed by atoms with Gasteiger partial charge < -0.3 is 14.8 Å². The van der Waals surface area contributed by atoms with E-state index in [2.05, 4.69) is 9.97 Å². The standard InChI is InChI=1S/C20H14ClN3O3/c21-14-8-5-13(6-9-14)7-10-19(26)27-12-18(25)15(11-22)20-23-16-3-1-2-4-17(16)24-20/h1-10,25H,12H2,(H,23,24)/b10-7+,18-15+. The molecule has 0 fully saturated rings. The van der Waals surface area contributed by atoms with Crippen LogP contribution in [0, 0.1) is 11.3 Å². The Hall–Kier alpha value is -3.56. The number of ether oxygens (including phenoxy) is 1. The first-order valence-corrected chi connectivity index (χ1v) is 8.32. The normalized spacial score (nSPS) is 12.0. The number of aliphatic hydroxyl groups excluding tert-OH is 1. The summed E-state index contributed by atoms with van der Waals surface area (Å²) in [5.74, 6) is -0.827. The highest BCUT2D eigenvalue weighted by Gasteiger charge is 2.14. The first-order chi connectivity index (χ1) is 13.1. The molecule has 134 valence electrons. The van der Waals surface area contributed by atoms with Crippen LogP contribution in [0.15, 0.2) is 60.4 Å². The van der Waals surface area contributed by atoms with Gasteiger partial charge in [-0.25, -0.2) is 9.78 Å². The summed E-state index contributed by atoms with van der Waals surface area (Å²) in [6, 6.07) is 16.0. The number of halogens is 1. The van der Waals surface area contributed by atoms with Crippen molar-refractivity contribution in [1.82, 2.24) is 9.97 Å². The number of H-pyrrole nitrogens is 1. The van der Waals surface area contributed by atoms with Gasteiger partial charge in [0, 0.05) is 11.1 Å². The number of carbonyl (C=O) groups excluding carboxylic acids is 1. The van der Waals surface area contributed by atoms with Gasteiger partial charge in [0.1, 0.15) is 18.2 Å². The van der Waals surface area contributed by atoms with E-state index in [-0.39, 0.29) is 17.2 Å². The molecule has 0 bridgehead atoms. The van der Waals surface area contributed by atoms with Gasteiger partial charge in [-0.3, -0.25) is 0 Å². The minimum Gasteiger partial charge on any atom is -0.507 e. The average molecular weight is 380 g/mol. The average Bonchev–Trinajstić information content (AvgIpc) is 3.10. The maximum absolute atomic E-state index is 11.8. The molecule has 0 unspecified atom stereocenters. The van der Waals surface area contributed by atoms with Crippen LogP contribution in [0.1, 0.15) is 11.4 Å². The minimum absolute atomic E-state index is 0.0827. The molecule has 7 heteroatoms. The van der Waals surface area contributed by atoms with E-state index in [1.54, 1.807) is 42.5 Å². The van der Waals surface area contributed by atoms with Crippen LogP contribution in [-0.4, -0.2) is 27.7 Å². The molecule has 2 N–H and O–H groups in total. The predicted octanol–water partition coefficient (Wildman–Crippen LogP) is 4.27. The fourth-order valence-electron chi connectivity index (χ4n) is 2.32. The molecule has 2 aromatic carbocycles. The van der Waals surface area contributed by atoms with Gasteiger partial charge >= 0.3 is 5.97 Å². The summed E-state index contributed by atoms with van der Waals surface area (Å²) in [5, 5.41) is 20.1. The van der Waals surface area contributed by atoms with Gasteiger partial charge in [0.2, 0.25) is 0 Å². The number of hydrogen-bond acceptors (Lipinski definition) is 5. The van der Waals surface area contributed by atoms with Crippen LogP contribution < -0.4 is 0 Å². The number of rotatable bonds is 5. The second-order valence-electron chi connectivity index (χ2n) is 5.53. The Kier molecular flexibility index (Phi) is 5.55. The Bertz CT molecular complexity index is 1040. The molecule has 1 aromatic heterocycles. The van der Waals surface area contributed by atoms with Crippen LogP contribution in [0.3, 0.4) is 0 Å². The lowest BCUT2D eigenvalue weighted by atomic mass is 10.2. The van der Waals surface area contributed by atoms with E-state index in [1.807, 2.05) is 18.2 Å². The molecule has 0 aliphatic heterocycles. The monoisotopic (exact) mass is 379 g/mol. The van der Waals surface area contributed by atoms with E-state index >= 15 is 0 Å². The van der Waals surface area contributed by atoms with Crippen molar-refractivity contribution in [3.05, 3.63) is 76.8 Å². The summed E-state index contributed by atoms with van der Waals surface area (Å²) in [6.45, 7) is -0.441. The zero-order valence-electron chi connectivity index (χ0n) is 14.0. The van der Waals surface area contributed by atoms with Crippen LogP contribution >= 0.6 is 11.6 Å². The molecule has 0 spiro atoms. The van der Waals surface area contributed by atoms with Crippen molar-refractivity contribution < 1.29 is 14.6 Å². The molecule has 0 saturated carbocycles. The Morgan fingerprint density at radius 2 is 2.00 bits per heavy atom. The quantitative estimate of drug-likeness (QED) is 0.298. The maximum atomic E-state index is 11.8. The highest BCUT2D eigenvalue weighted by Crippen LogP contribution is 2.18. The largest absolute Gasteiger partial charge is 0.507 e. The lowest BCUT2D eigenvalue weighted by Crippen LogP contribution is -2.06. The van der Waals surface area contributed by atoms with Gasteiger partial charge in [-0.15, -0.1) is 0 Å². The van der Waals surface area contributed by atoms with E-state index in [9.17, 15) is 15.2 Å². The Balaban J connectivity index is 1.68. The molecule has 0 aliphatic rings. The maximum Gasteiger partial charge on any atom is 0.331 e. The number of aromatic nitrogens is 2. The molecule has 27 heavy (non-hydrogen) atoms. The highest BCUT2D eigenvalue weighted by atomic mass is 35.5. The number of aliphatic hydroxyl groups is 1. The van der Waals surface area contributed by atoms with Gasteiger partial charge in [-0.2, -0.15) is 5.26 Å². The topological polar surface area (TPSA) is 99.0 Å². The summed E-state index contributed by atoms with van der Waals surface area (Å²) < 4.78 is 4.98. The molecule has 0 atom stereocenters. The first-order valence-electron chi connectivity index (χ1n) is 7.94. The summed E-state index contributed by atoms with van der Waals surface area (Å²) in [6.07, 6.45) is 2.79. The summed E-state index contributed by atoms with van der Waals surface area (Å²) in [7, 11) is 0. The van der Waals surface area contributed by atoms with E-state index in [1.165, 1.54) is 6.08 Å². The Morgan fingerprint density at radius 3 is 2.70 bits per heavy atom. The van der Waals surface area contributed by atoms with E-state index in [0.717, 1.165) is 11.1 Å². The van der Waals surface area contributed by atoms with Crippen molar-refractivity contribution in [2.75, 3.05) is 6.61 Å². The van der Waals surface area contributed by atoms with Crippen molar-refractivity contribution in [1.29, 1.82) is 5.26 Å². The lowest BCUT2D eigenvalue weighted by Gasteiger charge is -2.03. The number of benzene rings is 2. The molecule has 0 radical (unpaired) electrons. The van der Waals surface area contributed by atoms with Gasteiger partial charge in [-0.05, 0) is 35.9 Å². The summed E-state index contributed by atoms with van der Waals surface area (Å²) >= 11 is 5.80. The molecule has 0 amide bonds. The first kappa shape index (κ1) is 18.2. The van der Waals surface area contributed by atoms with Crippen LogP contribution in [0.25, 0.3) is 22.7 Å². The molecule has 6 nitrogen and oxygen atoms in total. The fourth-order valence-corrected chi connectivity index (χ4v) is 2.45. The smallest absolute Gasteiger partial charge is 0.331 e.